The summed E-state index contributed by atoms with van der Waals surface area (Å²) < 4.78 is 0. The molecule has 0 radical (unpaired) electrons. The Morgan fingerprint density at radius 3 is 2.09 bits per heavy atom. The van der Waals surface area contributed by atoms with E-state index in [4.69, 9.17) is 0 Å². The van der Waals surface area contributed by atoms with Crippen LogP contribution in [0, 0.1) is 29.1 Å². The number of rotatable bonds is 0. The summed E-state index contributed by atoms with van der Waals surface area (Å²) >= 11 is 0. The maximum atomic E-state index is 11.7. The van der Waals surface area contributed by atoms with Crippen LogP contribution in [0.2, 0.25) is 0 Å². The highest BCUT2D eigenvalue weighted by Gasteiger charge is 2.66. The van der Waals surface area contributed by atoms with Crippen LogP contribution >= 0.6 is 0 Å². The van der Waals surface area contributed by atoms with Gasteiger partial charge in [0.2, 0.25) is 0 Å². The van der Waals surface area contributed by atoms with Gasteiger partial charge in [-0.05, 0) is 17.8 Å². The fraction of sp³-hybridized carbons (Fsp3) is 0.900. The monoisotopic (exact) mass is 152 g/mol. The minimum atomic E-state index is -0.0259. The van der Waals surface area contributed by atoms with E-state index in [1.165, 1.54) is 0 Å². The zero-order chi connectivity index (χ0) is 8.39. The first-order chi connectivity index (χ1) is 4.98. The van der Waals surface area contributed by atoms with E-state index in [1.807, 2.05) is 0 Å². The molecule has 2 saturated carbocycles. The molecule has 0 aromatic carbocycles. The normalized spacial score (nSPS) is 52.5. The molecule has 0 aliphatic heterocycles. The smallest absolute Gasteiger partial charge is 0.142 e. The lowest BCUT2D eigenvalue weighted by atomic mass is 9.77. The van der Waals surface area contributed by atoms with E-state index in [0.29, 0.717) is 23.5 Å². The quantitative estimate of drug-likeness (QED) is 0.519. The number of fused-ring (bicyclic) bond motifs is 1. The summed E-state index contributed by atoms with van der Waals surface area (Å²) in [6, 6.07) is 0. The molecule has 0 amide bonds. The second-order valence-electron chi connectivity index (χ2n) is 4.84. The van der Waals surface area contributed by atoms with Gasteiger partial charge in [-0.2, -0.15) is 0 Å². The topological polar surface area (TPSA) is 17.1 Å². The predicted molar refractivity (Wildman–Crippen MR) is 44.1 cm³/mol. The van der Waals surface area contributed by atoms with E-state index in [9.17, 15) is 4.79 Å². The Hall–Kier alpha value is -0.330. The summed E-state index contributed by atoms with van der Waals surface area (Å²) in [5.41, 5.74) is -0.0259. The number of ketones is 1. The molecule has 11 heavy (non-hydrogen) atoms. The van der Waals surface area contributed by atoms with Crippen molar-refractivity contribution in [2.24, 2.45) is 29.1 Å². The van der Waals surface area contributed by atoms with Crippen molar-refractivity contribution >= 4 is 5.78 Å². The average Bonchev–Trinajstić information content (AvgIpc) is 2.52. The molecule has 0 aromatic rings. The number of carbonyl (C=O) groups is 1. The second kappa shape index (κ2) is 1.70. The Labute approximate surface area is 68.2 Å². The lowest BCUT2D eigenvalue weighted by molar-refractivity contribution is -0.128. The first-order valence-electron chi connectivity index (χ1n) is 4.52. The molecule has 1 heteroatoms. The summed E-state index contributed by atoms with van der Waals surface area (Å²) in [6.07, 6.45) is 0. The van der Waals surface area contributed by atoms with Gasteiger partial charge in [-0.15, -0.1) is 0 Å². The first-order valence-corrected chi connectivity index (χ1v) is 4.52. The minimum Gasteiger partial charge on any atom is -0.299 e. The van der Waals surface area contributed by atoms with Gasteiger partial charge in [0.25, 0.3) is 0 Å². The van der Waals surface area contributed by atoms with Gasteiger partial charge >= 0.3 is 0 Å². The van der Waals surface area contributed by atoms with Crippen molar-refractivity contribution in [1.82, 2.24) is 0 Å². The molecular weight excluding hydrogens is 136 g/mol. The van der Waals surface area contributed by atoms with Gasteiger partial charge in [0.05, 0.1) is 0 Å². The van der Waals surface area contributed by atoms with Gasteiger partial charge in [-0.3, -0.25) is 4.79 Å². The molecule has 0 spiro atoms. The molecule has 0 N–H and O–H groups in total. The van der Waals surface area contributed by atoms with Crippen molar-refractivity contribution in [3.05, 3.63) is 0 Å². The molecule has 0 heterocycles. The summed E-state index contributed by atoms with van der Waals surface area (Å²) in [7, 11) is 0. The Bertz CT molecular complexity index is 217. The molecule has 1 nitrogen and oxygen atoms in total. The molecule has 2 aliphatic carbocycles. The molecule has 0 aromatic heterocycles. The van der Waals surface area contributed by atoms with Crippen molar-refractivity contribution in [3.63, 3.8) is 0 Å². The Balaban J connectivity index is 2.30. The summed E-state index contributed by atoms with van der Waals surface area (Å²) in [5, 5.41) is 0. The van der Waals surface area contributed by atoms with E-state index in [2.05, 4.69) is 27.7 Å². The predicted octanol–water partition coefficient (Wildman–Crippen LogP) is 2.11. The van der Waals surface area contributed by atoms with E-state index in [1.54, 1.807) is 0 Å². The van der Waals surface area contributed by atoms with Gasteiger partial charge in [0, 0.05) is 11.3 Å². The first kappa shape index (κ1) is 7.33. The van der Waals surface area contributed by atoms with Gasteiger partial charge in [0.1, 0.15) is 5.78 Å². The van der Waals surface area contributed by atoms with Gasteiger partial charge in [0.15, 0.2) is 0 Å². The van der Waals surface area contributed by atoms with Crippen molar-refractivity contribution in [1.29, 1.82) is 0 Å². The van der Waals surface area contributed by atoms with Gasteiger partial charge in [-0.1, -0.05) is 27.7 Å². The van der Waals surface area contributed by atoms with Crippen LogP contribution in [-0.4, -0.2) is 5.78 Å². The van der Waals surface area contributed by atoms with Crippen LogP contribution in [0.15, 0.2) is 0 Å². The number of Topliss-reactive ketones (excluding diaryl/α,β-unsaturated/α-hetero) is 1. The van der Waals surface area contributed by atoms with Crippen LogP contribution in [0.25, 0.3) is 0 Å². The number of carbonyl (C=O) groups excluding carboxylic acids is 1. The van der Waals surface area contributed by atoms with Crippen molar-refractivity contribution in [3.8, 4) is 0 Å². The summed E-state index contributed by atoms with van der Waals surface area (Å²) in [4.78, 5) is 11.7. The van der Waals surface area contributed by atoms with Crippen LogP contribution in [0.4, 0.5) is 0 Å². The lowest BCUT2D eigenvalue weighted by Gasteiger charge is -2.25. The summed E-state index contributed by atoms with van der Waals surface area (Å²) in [6.45, 7) is 8.63. The largest absolute Gasteiger partial charge is 0.299 e. The fourth-order valence-corrected chi connectivity index (χ4v) is 2.81. The Morgan fingerprint density at radius 2 is 1.82 bits per heavy atom. The molecular formula is C10H16O. The SMILES string of the molecule is CC1C2C(=O)C(C)(C)C(C)C12. The molecule has 62 valence electrons. The molecule has 2 aliphatic rings. The van der Waals surface area contributed by atoms with Crippen molar-refractivity contribution in [2.75, 3.05) is 0 Å². The van der Waals surface area contributed by atoms with Crippen molar-refractivity contribution < 1.29 is 4.79 Å². The zero-order valence-corrected chi connectivity index (χ0v) is 7.72. The van der Waals surface area contributed by atoms with E-state index >= 15 is 0 Å². The highest BCUT2D eigenvalue weighted by atomic mass is 16.1. The minimum absolute atomic E-state index is 0.0259. The number of hydrogen-bond donors (Lipinski definition) is 0. The average molecular weight is 152 g/mol. The molecule has 0 saturated heterocycles. The maximum absolute atomic E-state index is 11.7. The Kier molecular flexibility index (Phi) is 1.13. The van der Waals surface area contributed by atoms with Crippen LogP contribution in [0.3, 0.4) is 0 Å². The second-order valence-corrected chi connectivity index (χ2v) is 4.84. The number of hydrogen-bond acceptors (Lipinski definition) is 1. The highest BCUT2D eigenvalue weighted by Crippen LogP contribution is 2.64. The molecule has 0 bridgehead atoms. The third-order valence-corrected chi connectivity index (χ3v) is 4.10. The standard InChI is InChI=1S/C10H16O/c1-5-7-6(2)10(3,4)9(11)8(5)7/h5-8H,1-4H3. The molecule has 2 fully saturated rings. The third-order valence-electron chi connectivity index (χ3n) is 4.10. The fourth-order valence-electron chi connectivity index (χ4n) is 2.81. The van der Waals surface area contributed by atoms with E-state index in [0.717, 1.165) is 5.92 Å². The van der Waals surface area contributed by atoms with Crippen LogP contribution in [0.1, 0.15) is 27.7 Å². The lowest BCUT2D eigenvalue weighted by Crippen LogP contribution is -2.28. The Morgan fingerprint density at radius 1 is 1.27 bits per heavy atom. The summed E-state index contributed by atoms with van der Waals surface area (Å²) in [5.74, 6) is 2.96. The van der Waals surface area contributed by atoms with Crippen LogP contribution < -0.4 is 0 Å². The highest BCUT2D eigenvalue weighted by molar-refractivity contribution is 5.92. The van der Waals surface area contributed by atoms with Crippen LogP contribution in [0.5, 0.6) is 0 Å². The maximum Gasteiger partial charge on any atom is 0.142 e. The molecule has 4 atom stereocenters. The zero-order valence-electron chi connectivity index (χ0n) is 7.72. The van der Waals surface area contributed by atoms with Gasteiger partial charge < -0.3 is 0 Å². The van der Waals surface area contributed by atoms with E-state index < -0.39 is 0 Å². The van der Waals surface area contributed by atoms with Crippen LogP contribution in [-0.2, 0) is 4.79 Å². The molecule has 4 unspecified atom stereocenters. The molecule has 2 rings (SSSR count). The van der Waals surface area contributed by atoms with Crippen molar-refractivity contribution in [2.45, 2.75) is 27.7 Å². The third kappa shape index (κ3) is 0.646. The van der Waals surface area contributed by atoms with E-state index in [-0.39, 0.29) is 5.41 Å². The van der Waals surface area contributed by atoms with Gasteiger partial charge in [-0.25, -0.2) is 0 Å².